The Balaban J connectivity index is 1.45. The third kappa shape index (κ3) is 3.25. The van der Waals surface area contributed by atoms with Gasteiger partial charge in [-0.25, -0.2) is 4.79 Å². The van der Waals surface area contributed by atoms with Crippen LogP contribution in [0.15, 0.2) is 30.6 Å². The largest absolute Gasteiger partial charge is 0.418 e. The molecule has 1 saturated heterocycles. The van der Waals surface area contributed by atoms with Crippen molar-refractivity contribution in [3.05, 3.63) is 42.0 Å². The lowest BCUT2D eigenvalue weighted by Crippen LogP contribution is -2.34. The van der Waals surface area contributed by atoms with Crippen LogP contribution in [0.2, 0.25) is 0 Å². The predicted molar refractivity (Wildman–Crippen MR) is 87.7 cm³/mol. The van der Waals surface area contributed by atoms with Crippen molar-refractivity contribution >= 4 is 11.7 Å². The number of nitrogens with zero attached hydrogens (tertiary/aromatic N) is 4. The highest BCUT2D eigenvalue weighted by Gasteiger charge is 2.36. The number of halogens is 3. The summed E-state index contributed by atoms with van der Waals surface area (Å²) in [5.74, 6) is 1.39. The van der Waals surface area contributed by atoms with E-state index in [4.69, 9.17) is 0 Å². The Hall–Kier alpha value is -2.58. The van der Waals surface area contributed by atoms with E-state index in [1.165, 1.54) is 23.1 Å². The maximum Gasteiger partial charge on any atom is 0.418 e. The fraction of sp³-hybridized carbons (Fsp3) is 0.471. The summed E-state index contributed by atoms with van der Waals surface area (Å²) in [6, 6.07) is 4.53. The van der Waals surface area contributed by atoms with Gasteiger partial charge in [-0.2, -0.15) is 13.2 Å². The molecule has 2 aliphatic rings. The monoisotopic (exact) mass is 365 g/mol. The van der Waals surface area contributed by atoms with Gasteiger partial charge in [-0.05, 0) is 31.4 Å². The van der Waals surface area contributed by atoms with Crippen LogP contribution in [-0.2, 0) is 6.18 Å². The first kappa shape index (κ1) is 16.9. The molecule has 6 nitrogen and oxygen atoms in total. The lowest BCUT2D eigenvalue weighted by molar-refractivity contribution is -0.136. The number of hydrogen-bond acceptors (Lipinski definition) is 3. The zero-order valence-corrected chi connectivity index (χ0v) is 13.9. The summed E-state index contributed by atoms with van der Waals surface area (Å²) < 4.78 is 41.2. The minimum Gasteiger partial charge on any atom is -0.322 e. The van der Waals surface area contributed by atoms with Crippen LogP contribution < -0.4 is 5.32 Å². The van der Waals surface area contributed by atoms with Crippen molar-refractivity contribution in [2.75, 3.05) is 18.4 Å². The van der Waals surface area contributed by atoms with Crippen LogP contribution in [-0.4, -0.2) is 38.8 Å². The number of amides is 2. The van der Waals surface area contributed by atoms with Gasteiger partial charge in [0.25, 0.3) is 0 Å². The molecule has 1 aliphatic carbocycles. The van der Waals surface area contributed by atoms with Crippen molar-refractivity contribution < 1.29 is 18.0 Å². The second-order valence-corrected chi connectivity index (χ2v) is 6.73. The van der Waals surface area contributed by atoms with E-state index in [1.54, 1.807) is 6.33 Å². The molecule has 138 valence electrons. The second-order valence-electron chi connectivity index (χ2n) is 6.73. The molecule has 9 heteroatoms. The van der Waals surface area contributed by atoms with Crippen LogP contribution in [0.4, 0.5) is 23.7 Å². The van der Waals surface area contributed by atoms with E-state index in [0.717, 1.165) is 31.2 Å². The maximum atomic E-state index is 13.1. The van der Waals surface area contributed by atoms with Gasteiger partial charge in [-0.3, -0.25) is 0 Å². The minimum atomic E-state index is -4.51. The molecule has 1 aromatic carbocycles. The number of anilines is 1. The van der Waals surface area contributed by atoms with E-state index in [-0.39, 0.29) is 11.7 Å². The van der Waals surface area contributed by atoms with Gasteiger partial charge in [0.1, 0.15) is 12.2 Å². The molecule has 1 atom stereocenters. The summed E-state index contributed by atoms with van der Waals surface area (Å²) in [4.78, 5) is 14.0. The Bertz CT molecular complexity index is 815. The Morgan fingerprint density at radius 1 is 1.19 bits per heavy atom. The molecule has 1 unspecified atom stereocenters. The molecular weight excluding hydrogens is 347 g/mol. The highest BCUT2D eigenvalue weighted by atomic mass is 19.4. The number of rotatable bonds is 3. The summed E-state index contributed by atoms with van der Waals surface area (Å²) >= 11 is 0. The molecule has 2 aromatic rings. The van der Waals surface area contributed by atoms with Crippen LogP contribution in [0.5, 0.6) is 0 Å². The van der Waals surface area contributed by atoms with Gasteiger partial charge in [0.05, 0.1) is 17.3 Å². The maximum absolute atomic E-state index is 13.1. The molecule has 0 spiro atoms. The van der Waals surface area contributed by atoms with Gasteiger partial charge >= 0.3 is 12.2 Å². The number of para-hydroxylation sites is 1. The van der Waals surface area contributed by atoms with Crippen LogP contribution in [0, 0.1) is 0 Å². The predicted octanol–water partition coefficient (Wildman–Crippen LogP) is 3.65. The van der Waals surface area contributed by atoms with Crippen LogP contribution in [0.3, 0.4) is 0 Å². The molecule has 1 saturated carbocycles. The van der Waals surface area contributed by atoms with Gasteiger partial charge in [0.15, 0.2) is 0 Å². The minimum absolute atomic E-state index is 0.0595. The summed E-state index contributed by atoms with van der Waals surface area (Å²) in [5, 5.41) is 10.5. The molecule has 1 aromatic heterocycles. The van der Waals surface area contributed by atoms with Crippen molar-refractivity contribution in [2.45, 2.75) is 37.4 Å². The zero-order valence-electron chi connectivity index (χ0n) is 13.9. The Morgan fingerprint density at radius 2 is 1.96 bits per heavy atom. The SMILES string of the molecule is O=C(Nc1ccccc1C(F)(F)F)N1CCC(n2cnnc2C2CC2)C1. The fourth-order valence-corrected chi connectivity index (χ4v) is 3.35. The van der Waals surface area contributed by atoms with Crippen molar-refractivity contribution in [1.82, 2.24) is 19.7 Å². The van der Waals surface area contributed by atoms with Crippen LogP contribution in [0.25, 0.3) is 0 Å². The number of hydrogen-bond donors (Lipinski definition) is 1. The van der Waals surface area contributed by atoms with Crippen molar-refractivity contribution in [3.8, 4) is 0 Å². The number of carbonyl (C=O) groups excluding carboxylic acids is 1. The van der Waals surface area contributed by atoms with E-state index >= 15 is 0 Å². The normalized spacial score (nSPS) is 20.4. The second kappa shape index (κ2) is 6.30. The van der Waals surface area contributed by atoms with E-state index in [2.05, 4.69) is 15.5 Å². The van der Waals surface area contributed by atoms with Crippen LogP contribution >= 0.6 is 0 Å². The van der Waals surface area contributed by atoms with Crippen molar-refractivity contribution in [1.29, 1.82) is 0 Å². The van der Waals surface area contributed by atoms with Gasteiger partial charge in [-0.15, -0.1) is 10.2 Å². The number of aromatic nitrogens is 3. The molecule has 2 amide bonds. The standard InChI is InChI=1S/C17H18F3N5O/c18-17(19,20)13-3-1-2-4-14(13)22-16(26)24-8-7-12(9-24)25-10-21-23-15(25)11-5-6-11/h1-4,10-12H,5-9H2,(H,22,26). The summed E-state index contributed by atoms with van der Waals surface area (Å²) in [7, 11) is 0. The number of alkyl halides is 3. The number of likely N-dealkylation sites (tertiary alicyclic amines) is 1. The highest BCUT2D eigenvalue weighted by Crippen LogP contribution is 2.40. The smallest absolute Gasteiger partial charge is 0.322 e. The molecule has 1 aliphatic heterocycles. The quantitative estimate of drug-likeness (QED) is 0.903. The first-order valence-corrected chi connectivity index (χ1v) is 8.55. The lowest BCUT2D eigenvalue weighted by Gasteiger charge is -2.20. The van der Waals surface area contributed by atoms with E-state index in [0.29, 0.717) is 19.0 Å². The van der Waals surface area contributed by atoms with E-state index in [9.17, 15) is 18.0 Å². The number of carbonyl (C=O) groups is 1. The summed E-state index contributed by atoms with van der Waals surface area (Å²) in [6.45, 7) is 0.907. The zero-order chi connectivity index (χ0) is 18.3. The molecule has 2 fully saturated rings. The fourth-order valence-electron chi connectivity index (χ4n) is 3.35. The first-order valence-electron chi connectivity index (χ1n) is 8.55. The van der Waals surface area contributed by atoms with E-state index in [1.807, 2.05) is 4.57 Å². The average molecular weight is 365 g/mol. The Labute approximate surface area is 148 Å². The number of nitrogens with one attached hydrogen (secondary N) is 1. The molecular formula is C17H18F3N5O. The highest BCUT2D eigenvalue weighted by molar-refractivity contribution is 5.90. The topological polar surface area (TPSA) is 63.1 Å². The number of benzene rings is 1. The Kier molecular flexibility index (Phi) is 4.08. The lowest BCUT2D eigenvalue weighted by atomic mass is 10.1. The molecule has 4 rings (SSSR count). The molecule has 0 radical (unpaired) electrons. The first-order chi connectivity index (χ1) is 12.4. The van der Waals surface area contributed by atoms with Crippen molar-refractivity contribution in [2.24, 2.45) is 0 Å². The van der Waals surface area contributed by atoms with Gasteiger partial charge < -0.3 is 14.8 Å². The van der Waals surface area contributed by atoms with Gasteiger partial charge in [0, 0.05) is 19.0 Å². The molecule has 1 N–H and O–H groups in total. The third-order valence-corrected chi connectivity index (χ3v) is 4.86. The molecule has 2 heterocycles. The average Bonchev–Trinajstić information content (AvgIpc) is 3.12. The van der Waals surface area contributed by atoms with Crippen molar-refractivity contribution in [3.63, 3.8) is 0 Å². The third-order valence-electron chi connectivity index (χ3n) is 4.86. The Morgan fingerprint density at radius 3 is 2.69 bits per heavy atom. The molecule has 0 bridgehead atoms. The molecule has 26 heavy (non-hydrogen) atoms. The summed E-state index contributed by atoms with van der Waals surface area (Å²) in [6.07, 6.45) is 0.0948. The van der Waals surface area contributed by atoms with Gasteiger partial charge in [-0.1, -0.05) is 12.1 Å². The van der Waals surface area contributed by atoms with Crippen LogP contribution in [0.1, 0.15) is 42.6 Å². The van der Waals surface area contributed by atoms with E-state index < -0.39 is 17.8 Å². The number of urea groups is 1. The summed E-state index contributed by atoms with van der Waals surface area (Å²) in [5.41, 5.74) is -1.07. The van der Waals surface area contributed by atoms with Gasteiger partial charge in [0.2, 0.25) is 0 Å².